The van der Waals surface area contributed by atoms with Crippen molar-refractivity contribution in [3.05, 3.63) is 55.2 Å². The first-order chi connectivity index (χ1) is 15.4. The Bertz CT molecular complexity index is 903. The number of carbonyl (C=O) groups excluding carboxylic acids is 1. The Hall–Kier alpha value is 0.710. The number of ketones is 1. The monoisotopic (exact) mass is 886 g/mol. The van der Waals surface area contributed by atoms with Crippen LogP contribution in [0.25, 0.3) is 0 Å². The van der Waals surface area contributed by atoms with E-state index in [1.54, 1.807) is 0 Å². The lowest BCUT2D eigenvalue weighted by atomic mass is 10.0. The zero-order chi connectivity index (χ0) is 23.1. The second kappa shape index (κ2) is 13.7. The molecule has 0 aliphatic carbocycles. The number of nitrogens with one attached hydrogen (secondary N) is 1. The molecule has 3 rings (SSSR count). The quantitative estimate of drug-likeness (QED) is 0.273. The number of hydrogen-bond donors (Lipinski definition) is 2. The number of aliphatic hydroxyl groups is 1. The van der Waals surface area contributed by atoms with Gasteiger partial charge in [-0.3, -0.25) is 4.79 Å². The van der Waals surface area contributed by atoms with Gasteiger partial charge in [0.25, 0.3) is 0 Å². The minimum absolute atomic E-state index is 0.156. The van der Waals surface area contributed by atoms with E-state index in [1.807, 2.05) is 0 Å². The number of hydrogen-bond acceptors (Lipinski definition) is 5. The lowest BCUT2D eigenvalue weighted by molar-refractivity contribution is -0.121. The van der Waals surface area contributed by atoms with E-state index >= 15 is 0 Å². The Labute approximate surface area is 244 Å². The Kier molecular flexibility index (Phi) is 11.7. The Morgan fingerprint density at radius 2 is 1.56 bits per heavy atom. The molecule has 0 bridgehead atoms. The van der Waals surface area contributed by atoms with Crippen LogP contribution in [0.4, 0.5) is 0 Å². The van der Waals surface area contributed by atoms with Gasteiger partial charge in [0.1, 0.15) is 12.4 Å². The first-order valence-corrected chi connectivity index (χ1v) is 14.8. The van der Waals surface area contributed by atoms with Crippen molar-refractivity contribution in [2.45, 2.75) is 19.3 Å². The van der Waals surface area contributed by atoms with Crippen LogP contribution >= 0.6 is 90.4 Å². The van der Waals surface area contributed by atoms with Crippen LogP contribution in [0.2, 0.25) is 0 Å². The van der Waals surface area contributed by atoms with Crippen molar-refractivity contribution >= 4 is 96.1 Å². The highest BCUT2D eigenvalue weighted by molar-refractivity contribution is 14.1. The first-order valence-electron chi connectivity index (χ1n) is 10.5. The number of nitrogens with zero attached hydrogens (tertiary/aromatic N) is 1. The molecule has 0 amide bonds. The van der Waals surface area contributed by atoms with Crippen LogP contribution in [-0.2, 0) is 17.6 Å². The van der Waals surface area contributed by atoms with E-state index in [0.717, 1.165) is 77.8 Å². The topological polar surface area (TPSA) is 61.8 Å². The highest BCUT2D eigenvalue weighted by Crippen LogP contribution is 2.32. The zero-order valence-corrected chi connectivity index (χ0v) is 26.2. The van der Waals surface area contributed by atoms with Crippen molar-refractivity contribution in [3.8, 4) is 5.75 Å². The predicted octanol–water partition coefficient (Wildman–Crippen LogP) is 4.47. The van der Waals surface area contributed by atoms with E-state index < -0.39 is 6.61 Å². The number of Topliss-reactive ketones (excluding diaryl/α,β-unsaturated/α-hetero) is 1. The largest absolute Gasteiger partial charge is 0.491 e. The molecule has 0 atom stereocenters. The van der Waals surface area contributed by atoms with Crippen LogP contribution in [-0.4, -0.2) is 61.7 Å². The van der Waals surface area contributed by atoms with Gasteiger partial charge in [0, 0.05) is 46.3 Å². The number of benzene rings is 2. The summed E-state index contributed by atoms with van der Waals surface area (Å²) in [6.07, 6.45) is 2.15. The Morgan fingerprint density at radius 1 is 0.969 bits per heavy atom. The molecule has 0 radical (unpaired) electrons. The fraction of sp³-hybridized carbons (Fsp3) is 0.435. The van der Waals surface area contributed by atoms with Gasteiger partial charge < -0.3 is 20.1 Å². The van der Waals surface area contributed by atoms with Gasteiger partial charge in [-0.1, -0.05) is 0 Å². The minimum atomic E-state index is -0.407. The molecule has 9 heteroatoms. The number of aliphatic hydroxyl groups excluding tert-OH is 1. The van der Waals surface area contributed by atoms with E-state index in [0.29, 0.717) is 0 Å². The summed E-state index contributed by atoms with van der Waals surface area (Å²) in [5, 5.41) is 12.4. The van der Waals surface area contributed by atoms with E-state index in [1.165, 1.54) is 11.1 Å². The molecule has 2 aromatic carbocycles. The lowest BCUT2D eigenvalue weighted by Crippen LogP contribution is -2.44. The van der Waals surface area contributed by atoms with Gasteiger partial charge in [0.2, 0.25) is 0 Å². The zero-order valence-electron chi connectivity index (χ0n) is 17.6. The fourth-order valence-corrected chi connectivity index (χ4v) is 8.15. The predicted molar refractivity (Wildman–Crippen MR) is 162 cm³/mol. The molecule has 0 unspecified atom stereocenters. The molecule has 5 nitrogen and oxygen atoms in total. The van der Waals surface area contributed by atoms with Crippen LogP contribution in [0.3, 0.4) is 0 Å². The van der Waals surface area contributed by atoms with Crippen molar-refractivity contribution in [1.82, 2.24) is 10.2 Å². The molecule has 1 aliphatic heterocycles. The summed E-state index contributed by atoms with van der Waals surface area (Å²) in [4.78, 5) is 14.1. The molecule has 1 aliphatic rings. The van der Waals surface area contributed by atoms with Crippen molar-refractivity contribution < 1.29 is 14.6 Å². The van der Waals surface area contributed by atoms with Crippen molar-refractivity contribution in [2.75, 3.05) is 45.9 Å². The molecular weight excluding hydrogens is 860 g/mol. The summed E-state index contributed by atoms with van der Waals surface area (Å²) in [7, 11) is 0. The number of piperazine rings is 1. The third-order valence-electron chi connectivity index (χ3n) is 5.29. The van der Waals surface area contributed by atoms with Gasteiger partial charge in [-0.25, -0.2) is 0 Å². The highest BCUT2D eigenvalue weighted by atomic mass is 127. The fourth-order valence-electron chi connectivity index (χ4n) is 3.66. The van der Waals surface area contributed by atoms with Gasteiger partial charge in [0.05, 0.1) is 13.7 Å². The Morgan fingerprint density at radius 3 is 2.16 bits per heavy atom. The third kappa shape index (κ3) is 8.14. The normalized spacial score (nSPS) is 14.5. The smallest absolute Gasteiger partial charge is 0.162 e. The molecule has 2 aromatic rings. The van der Waals surface area contributed by atoms with Gasteiger partial charge in [-0.2, -0.15) is 0 Å². The second-order valence-corrected chi connectivity index (χ2v) is 12.4. The number of halogens is 4. The molecule has 1 saturated heterocycles. The second-order valence-electron chi connectivity index (χ2n) is 7.77. The van der Waals surface area contributed by atoms with Crippen molar-refractivity contribution in [1.29, 1.82) is 0 Å². The van der Waals surface area contributed by atoms with Gasteiger partial charge in [0.15, 0.2) is 5.78 Å². The molecule has 0 aromatic heterocycles. The lowest BCUT2D eigenvalue weighted by Gasteiger charge is -2.27. The van der Waals surface area contributed by atoms with Crippen LogP contribution in [0.15, 0.2) is 24.3 Å². The molecule has 1 heterocycles. The summed E-state index contributed by atoms with van der Waals surface area (Å²) in [5.74, 6) is 0.828. The molecular formula is C23H26I4N2O3. The maximum Gasteiger partial charge on any atom is 0.162 e. The summed E-state index contributed by atoms with van der Waals surface area (Å²) in [6.45, 7) is 5.83. The highest BCUT2D eigenvalue weighted by Gasteiger charge is 2.14. The van der Waals surface area contributed by atoms with E-state index in [-0.39, 0.29) is 12.2 Å². The Balaban J connectivity index is 1.62. The van der Waals surface area contributed by atoms with Crippen LogP contribution in [0.1, 0.15) is 23.1 Å². The van der Waals surface area contributed by atoms with Gasteiger partial charge in [-0.15, -0.1) is 0 Å². The maximum absolute atomic E-state index is 11.6. The first kappa shape index (κ1) is 27.3. The molecule has 32 heavy (non-hydrogen) atoms. The molecule has 174 valence electrons. The SMILES string of the molecule is O=C(CO)Cc1cc(I)c(Cc2cc(I)c(OCCCN3CCNCC3)c(I)c2)c(I)c1. The maximum atomic E-state index is 11.6. The van der Waals surface area contributed by atoms with Gasteiger partial charge in [-0.05, 0) is 144 Å². The van der Waals surface area contributed by atoms with Crippen LogP contribution in [0, 0.1) is 14.3 Å². The minimum Gasteiger partial charge on any atom is -0.491 e. The third-order valence-corrected chi connectivity index (χ3v) is 8.82. The van der Waals surface area contributed by atoms with Crippen molar-refractivity contribution in [2.24, 2.45) is 0 Å². The molecule has 0 spiro atoms. The summed E-state index contributed by atoms with van der Waals surface area (Å²) >= 11 is 9.45. The van der Waals surface area contributed by atoms with E-state index in [2.05, 4.69) is 125 Å². The van der Waals surface area contributed by atoms with E-state index in [9.17, 15) is 4.79 Å². The number of rotatable bonds is 10. The van der Waals surface area contributed by atoms with E-state index in [4.69, 9.17) is 9.84 Å². The summed E-state index contributed by atoms with van der Waals surface area (Å²) in [6, 6.07) is 8.53. The number of ether oxygens (including phenoxy) is 1. The number of carbonyl (C=O) groups is 1. The molecule has 1 fully saturated rings. The standard InChI is InChI=1S/C23H26I4N2O3/c24-19-10-15(8-17(31)14-30)11-20(25)18(19)9-16-12-21(26)23(22(27)13-16)32-7-1-4-29-5-2-28-3-6-29/h10-13,28,30H,1-9,14H2. The van der Waals surface area contributed by atoms with Crippen molar-refractivity contribution in [3.63, 3.8) is 0 Å². The average Bonchev–Trinajstić information content (AvgIpc) is 2.76. The molecule has 2 N–H and O–H groups in total. The van der Waals surface area contributed by atoms with Crippen LogP contribution in [0.5, 0.6) is 5.75 Å². The summed E-state index contributed by atoms with van der Waals surface area (Å²) in [5.41, 5.74) is 3.47. The van der Waals surface area contributed by atoms with Crippen LogP contribution < -0.4 is 10.1 Å². The average molecular weight is 886 g/mol. The summed E-state index contributed by atoms with van der Waals surface area (Å²) < 4.78 is 10.7. The molecule has 0 saturated carbocycles. The van der Waals surface area contributed by atoms with Gasteiger partial charge >= 0.3 is 0 Å².